The molecular weight excluding hydrogens is 220 g/mol. The number of carbonyl (C=O) groups is 1. The molecule has 1 aliphatic rings. The number of aromatic nitrogens is 3. The molecule has 2 heterocycles. The van der Waals surface area contributed by atoms with E-state index in [2.05, 4.69) is 10.2 Å². The lowest BCUT2D eigenvalue weighted by molar-refractivity contribution is 0.181. The van der Waals surface area contributed by atoms with E-state index in [1.165, 1.54) is 0 Å². The van der Waals surface area contributed by atoms with Crippen LogP contribution in [0.5, 0.6) is 0 Å². The fourth-order valence-electron chi connectivity index (χ4n) is 1.85. The highest BCUT2D eigenvalue weighted by Crippen LogP contribution is 2.26. The second kappa shape index (κ2) is 3.89. The summed E-state index contributed by atoms with van der Waals surface area (Å²) in [6.45, 7) is 0.993. The van der Waals surface area contributed by atoms with Gasteiger partial charge in [-0.3, -0.25) is 9.47 Å². The first-order valence-electron chi connectivity index (χ1n) is 5.24. The Balaban J connectivity index is 2.08. The molecule has 6 nitrogen and oxygen atoms in total. The van der Waals surface area contributed by atoms with Gasteiger partial charge in [0.2, 0.25) is 0 Å². The molecule has 0 unspecified atom stereocenters. The van der Waals surface area contributed by atoms with Gasteiger partial charge in [-0.05, 0) is 12.1 Å². The van der Waals surface area contributed by atoms with Crippen molar-refractivity contribution in [3.8, 4) is 5.69 Å². The summed E-state index contributed by atoms with van der Waals surface area (Å²) >= 11 is 0. The molecule has 0 spiro atoms. The Kier molecular flexibility index (Phi) is 2.25. The third kappa shape index (κ3) is 1.63. The normalized spacial score (nSPS) is 15.1. The van der Waals surface area contributed by atoms with Crippen LogP contribution in [-0.4, -0.2) is 34.0 Å². The number of hydrogen-bond acceptors (Lipinski definition) is 4. The van der Waals surface area contributed by atoms with E-state index in [9.17, 15) is 4.79 Å². The van der Waals surface area contributed by atoms with Crippen LogP contribution >= 0.6 is 0 Å². The molecule has 0 radical (unpaired) electrons. The average molecular weight is 230 g/mol. The number of cyclic esters (lactones) is 1. The summed E-state index contributed by atoms with van der Waals surface area (Å²) in [5.74, 6) is 0. The first-order valence-corrected chi connectivity index (χ1v) is 5.24. The fourth-order valence-corrected chi connectivity index (χ4v) is 1.85. The first kappa shape index (κ1) is 9.83. The molecule has 1 amide bonds. The molecule has 0 saturated carbocycles. The number of carbonyl (C=O) groups excluding carboxylic acids is 1. The number of nitrogens with zero attached hydrogens (tertiary/aromatic N) is 4. The van der Waals surface area contributed by atoms with Crippen molar-refractivity contribution >= 4 is 11.8 Å². The zero-order valence-corrected chi connectivity index (χ0v) is 8.98. The van der Waals surface area contributed by atoms with Crippen molar-refractivity contribution in [1.82, 2.24) is 14.8 Å². The number of benzene rings is 1. The van der Waals surface area contributed by atoms with E-state index in [-0.39, 0.29) is 6.09 Å². The molecule has 1 aliphatic heterocycles. The minimum atomic E-state index is -0.314. The zero-order chi connectivity index (χ0) is 11.7. The Labute approximate surface area is 97.4 Å². The lowest BCUT2D eigenvalue weighted by Crippen LogP contribution is -2.24. The van der Waals surface area contributed by atoms with E-state index in [0.717, 1.165) is 11.4 Å². The van der Waals surface area contributed by atoms with Crippen LogP contribution in [0.3, 0.4) is 0 Å². The van der Waals surface area contributed by atoms with Crippen molar-refractivity contribution in [2.45, 2.75) is 0 Å². The van der Waals surface area contributed by atoms with E-state index in [1.807, 2.05) is 24.3 Å². The average Bonchev–Trinajstić information content (AvgIpc) is 3.00. The number of rotatable bonds is 2. The Morgan fingerprint density at radius 3 is 2.47 bits per heavy atom. The van der Waals surface area contributed by atoms with Crippen molar-refractivity contribution in [3.63, 3.8) is 0 Å². The van der Waals surface area contributed by atoms with Gasteiger partial charge < -0.3 is 4.74 Å². The molecule has 0 bridgehead atoms. The third-order valence-electron chi connectivity index (χ3n) is 2.63. The maximum atomic E-state index is 11.6. The molecule has 1 fully saturated rings. The number of para-hydroxylation sites is 2. The van der Waals surface area contributed by atoms with Gasteiger partial charge in [-0.15, -0.1) is 10.2 Å². The maximum Gasteiger partial charge on any atom is 0.414 e. The van der Waals surface area contributed by atoms with E-state index in [1.54, 1.807) is 22.1 Å². The Hall–Kier alpha value is -2.37. The van der Waals surface area contributed by atoms with E-state index >= 15 is 0 Å². The molecule has 17 heavy (non-hydrogen) atoms. The van der Waals surface area contributed by atoms with Gasteiger partial charge in [0.25, 0.3) is 0 Å². The summed E-state index contributed by atoms with van der Waals surface area (Å²) in [6.07, 6.45) is 2.88. The minimum Gasteiger partial charge on any atom is -0.447 e. The third-order valence-corrected chi connectivity index (χ3v) is 2.63. The van der Waals surface area contributed by atoms with E-state index in [0.29, 0.717) is 13.2 Å². The molecule has 1 aromatic heterocycles. The van der Waals surface area contributed by atoms with Gasteiger partial charge in [-0.25, -0.2) is 4.79 Å². The summed E-state index contributed by atoms with van der Waals surface area (Å²) in [5.41, 5.74) is 1.66. The largest absolute Gasteiger partial charge is 0.447 e. The predicted molar refractivity (Wildman–Crippen MR) is 60.1 cm³/mol. The van der Waals surface area contributed by atoms with Gasteiger partial charge in [-0.2, -0.15) is 0 Å². The fraction of sp³-hybridized carbons (Fsp3) is 0.182. The number of ether oxygens (including phenoxy) is 1. The molecule has 3 rings (SSSR count). The van der Waals surface area contributed by atoms with Crippen molar-refractivity contribution in [3.05, 3.63) is 36.9 Å². The SMILES string of the molecule is O=C1OCCN1c1ccccc1-n1cnnc1. The minimum absolute atomic E-state index is 0.314. The number of hydrogen-bond donors (Lipinski definition) is 0. The molecule has 0 N–H and O–H groups in total. The predicted octanol–water partition coefficient (Wildman–Crippen LogP) is 1.22. The smallest absolute Gasteiger partial charge is 0.414 e. The lowest BCUT2D eigenvalue weighted by Gasteiger charge is -2.16. The van der Waals surface area contributed by atoms with Crippen molar-refractivity contribution in [1.29, 1.82) is 0 Å². The summed E-state index contributed by atoms with van der Waals surface area (Å²) in [4.78, 5) is 13.2. The molecule has 0 aliphatic carbocycles. The van der Waals surface area contributed by atoms with Crippen LogP contribution in [0.2, 0.25) is 0 Å². The van der Waals surface area contributed by atoms with Crippen LogP contribution in [0.4, 0.5) is 10.5 Å². The number of amides is 1. The standard InChI is InChI=1S/C11H10N4O2/c16-11-15(5-6-17-11)10-4-2-1-3-9(10)14-7-12-13-8-14/h1-4,7-8H,5-6H2. The van der Waals surface area contributed by atoms with Crippen molar-refractivity contribution in [2.24, 2.45) is 0 Å². The van der Waals surface area contributed by atoms with Gasteiger partial charge in [0.1, 0.15) is 19.3 Å². The zero-order valence-electron chi connectivity index (χ0n) is 8.98. The number of anilines is 1. The van der Waals surface area contributed by atoms with Gasteiger partial charge >= 0.3 is 6.09 Å². The van der Waals surface area contributed by atoms with Gasteiger partial charge in [0.15, 0.2) is 0 Å². The first-order chi connectivity index (χ1) is 8.36. The Morgan fingerprint density at radius 1 is 1.12 bits per heavy atom. The molecule has 2 aromatic rings. The highest BCUT2D eigenvalue weighted by molar-refractivity contribution is 5.91. The van der Waals surface area contributed by atoms with Crippen LogP contribution < -0.4 is 4.90 Å². The van der Waals surface area contributed by atoms with Crippen LogP contribution in [0, 0.1) is 0 Å². The van der Waals surface area contributed by atoms with Crippen LogP contribution in [-0.2, 0) is 4.74 Å². The van der Waals surface area contributed by atoms with Crippen molar-refractivity contribution in [2.75, 3.05) is 18.1 Å². The van der Waals surface area contributed by atoms with Crippen LogP contribution in [0.1, 0.15) is 0 Å². The monoisotopic (exact) mass is 230 g/mol. The molecule has 86 valence electrons. The van der Waals surface area contributed by atoms with Crippen molar-refractivity contribution < 1.29 is 9.53 Å². The highest BCUT2D eigenvalue weighted by atomic mass is 16.6. The molecule has 6 heteroatoms. The maximum absolute atomic E-state index is 11.6. The summed E-state index contributed by atoms with van der Waals surface area (Å²) < 4.78 is 6.70. The van der Waals surface area contributed by atoms with E-state index < -0.39 is 0 Å². The van der Waals surface area contributed by atoms with Gasteiger partial charge in [0.05, 0.1) is 17.9 Å². The molecule has 1 aromatic carbocycles. The second-order valence-electron chi connectivity index (χ2n) is 3.62. The summed E-state index contributed by atoms with van der Waals surface area (Å²) in [6, 6.07) is 7.57. The van der Waals surface area contributed by atoms with Crippen LogP contribution in [0.15, 0.2) is 36.9 Å². The Bertz CT molecular complexity index is 538. The summed E-state index contributed by atoms with van der Waals surface area (Å²) in [5, 5.41) is 7.53. The topological polar surface area (TPSA) is 60.2 Å². The van der Waals surface area contributed by atoms with Gasteiger partial charge in [-0.1, -0.05) is 12.1 Å². The summed E-state index contributed by atoms with van der Waals surface area (Å²) in [7, 11) is 0. The molecule has 0 atom stereocenters. The Morgan fingerprint density at radius 2 is 1.82 bits per heavy atom. The quantitative estimate of drug-likeness (QED) is 0.778. The van der Waals surface area contributed by atoms with E-state index in [4.69, 9.17) is 4.74 Å². The second-order valence-corrected chi connectivity index (χ2v) is 3.62. The van der Waals surface area contributed by atoms with Gasteiger partial charge in [0, 0.05) is 0 Å². The molecule has 1 saturated heterocycles. The lowest BCUT2D eigenvalue weighted by atomic mass is 10.2. The highest BCUT2D eigenvalue weighted by Gasteiger charge is 2.25. The molecular formula is C11H10N4O2. The van der Waals surface area contributed by atoms with Crippen LogP contribution in [0.25, 0.3) is 5.69 Å².